The first kappa shape index (κ1) is 31.9. The molecule has 0 unspecified atom stereocenters. The molecule has 4 heteroatoms. The van der Waals surface area contributed by atoms with Crippen LogP contribution in [0.2, 0.25) is 0 Å². The second-order valence-corrected chi connectivity index (χ2v) is 16.4. The maximum absolute atomic E-state index is 2.47. The Bertz CT molecular complexity index is 3640. The van der Waals surface area contributed by atoms with Crippen molar-refractivity contribution in [3.8, 4) is 39.3 Å². The molecule has 0 saturated heterocycles. The molecule has 9 aromatic carbocycles. The highest BCUT2D eigenvalue weighted by atomic mass is 32.2. The molecule has 0 atom stereocenters. The molecule has 13 rings (SSSR count). The van der Waals surface area contributed by atoms with Crippen LogP contribution in [-0.4, -0.2) is 13.7 Å². The second kappa shape index (κ2) is 12.1. The molecule has 0 aliphatic carbocycles. The van der Waals surface area contributed by atoms with Crippen molar-refractivity contribution in [1.82, 2.24) is 13.7 Å². The Labute approximate surface area is 338 Å². The zero-order chi connectivity index (χ0) is 37.9. The molecule has 1 aliphatic rings. The summed E-state index contributed by atoms with van der Waals surface area (Å²) in [5.41, 5.74) is 15.8. The molecular weight excluding hydrogens is 723 g/mol. The van der Waals surface area contributed by atoms with Gasteiger partial charge in [-0.15, -0.1) is 0 Å². The first-order chi connectivity index (χ1) is 28.8. The average molecular weight is 756 g/mol. The Morgan fingerprint density at radius 1 is 0.276 bits per heavy atom. The number of hydrogen-bond donors (Lipinski definition) is 0. The maximum Gasteiger partial charge on any atom is 0.0681 e. The lowest BCUT2D eigenvalue weighted by molar-refractivity contribution is 1.09. The van der Waals surface area contributed by atoms with E-state index in [9.17, 15) is 0 Å². The van der Waals surface area contributed by atoms with Gasteiger partial charge in [0.15, 0.2) is 0 Å². The minimum atomic E-state index is 1.15. The van der Waals surface area contributed by atoms with Crippen LogP contribution < -0.4 is 0 Å². The van der Waals surface area contributed by atoms with Gasteiger partial charge in [-0.25, -0.2) is 0 Å². The number of benzene rings is 9. The Balaban J connectivity index is 0.914. The lowest BCUT2D eigenvalue weighted by Gasteiger charge is -2.19. The summed E-state index contributed by atoms with van der Waals surface area (Å²) in [7, 11) is 0. The molecule has 0 bridgehead atoms. The second-order valence-electron chi connectivity index (χ2n) is 15.3. The van der Waals surface area contributed by atoms with Crippen LogP contribution in [0.15, 0.2) is 210 Å². The molecule has 270 valence electrons. The highest BCUT2D eigenvalue weighted by molar-refractivity contribution is 7.99. The molecule has 3 aromatic heterocycles. The zero-order valence-corrected chi connectivity index (χ0v) is 32.1. The van der Waals surface area contributed by atoms with Crippen LogP contribution in [0.5, 0.6) is 0 Å². The number of nitrogens with zero attached hydrogens (tertiary/aromatic N) is 3. The van der Waals surface area contributed by atoms with Gasteiger partial charge in [0.25, 0.3) is 0 Å². The van der Waals surface area contributed by atoms with Crippen molar-refractivity contribution in [2.75, 3.05) is 0 Å². The van der Waals surface area contributed by atoms with Crippen molar-refractivity contribution >= 4 is 77.2 Å². The van der Waals surface area contributed by atoms with Gasteiger partial charge in [0, 0.05) is 53.5 Å². The Morgan fingerprint density at radius 3 is 1.48 bits per heavy atom. The third-order valence-electron chi connectivity index (χ3n) is 12.2. The van der Waals surface area contributed by atoms with Gasteiger partial charge < -0.3 is 13.7 Å². The van der Waals surface area contributed by atoms with E-state index in [2.05, 4.69) is 214 Å². The molecule has 0 N–H and O–H groups in total. The summed E-state index contributed by atoms with van der Waals surface area (Å²) < 4.78 is 7.26. The normalized spacial score (nSPS) is 12.4. The molecule has 0 radical (unpaired) electrons. The van der Waals surface area contributed by atoms with Gasteiger partial charge in [0.2, 0.25) is 0 Å². The van der Waals surface area contributed by atoms with Crippen molar-refractivity contribution in [2.24, 2.45) is 0 Å². The average Bonchev–Trinajstić information content (AvgIpc) is 3.93. The van der Waals surface area contributed by atoms with Gasteiger partial charge in [0.1, 0.15) is 0 Å². The van der Waals surface area contributed by atoms with Crippen molar-refractivity contribution in [3.63, 3.8) is 0 Å². The fraction of sp³-hybridized carbons (Fsp3) is 0. The van der Waals surface area contributed by atoms with Gasteiger partial charge in [-0.05, 0) is 107 Å². The predicted octanol–water partition coefficient (Wildman–Crippen LogP) is 14.8. The Hall–Kier alpha value is -7.27. The minimum Gasteiger partial charge on any atom is -0.309 e. The third-order valence-corrected chi connectivity index (χ3v) is 13.3. The smallest absolute Gasteiger partial charge is 0.0681 e. The van der Waals surface area contributed by atoms with Gasteiger partial charge in [0.05, 0.1) is 38.8 Å². The predicted molar refractivity (Wildman–Crippen MR) is 244 cm³/mol. The van der Waals surface area contributed by atoms with E-state index >= 15 is 0 Å². The van der Waals surface area contributed by atoms with E-state index in [1.54, 1.807) is 0 Å². The third kappa shape index (κ3) is 4.52. The summed E-state index contributed by atoms with van der Waals surface area (Å²) in [6.45, 7) is 0. The largest absolute Gasteiger partial charge is 0.309 e. The van der Waals surface area contributed by atoms with Crippen molar-refractivity contribution < 1.29 is 0 Å². The quantitative estimate of drug-likeness (QED) is 0.175. The summed E-state index contributed by atoms with van der Waals surface area (Å²) in [6.07, 6.45) is 0. The van der Waals surface area contributed by atoms with E-state index in [0.29, 0.717) is 0 Å². The SMILES string of the molecule is c1ccc(-n2c3ccccc3c3cc(-c4ccc5c(c4)c4ccccc4n5-c4ccc(-c5ccc6c7cccc8c7n(c6c5)-c5ccccc5S8)cc4)ccc32)cc1. The van der Waals surface area contributed by atoms with Crippen molar-refractivity contribution in [2.45, 2.75) is 9.79 Å². The maximum atomic E-state index is 2.47. The number of rotatable bonds is 4. The van der Waals surface area contributed by atoms with Gasteiger partial charge in [-0.1, -0.05) is 127 Å². The molecule has 0 amide bonds. The van der Waals surface area contributed by atoms with Crippen LogP contribution in [0.25, 0.3) is 105 Å². The first-order valence-corrected chi connectivity index (χ1v) is 20.7. The Kier molecular flexibility index (Phi) is 6.66. The van der Waals surface area contributed by atoms with Crippen LogP contribution in [0.1, 0.15) is 0 Å². The molecule has 0 spiro atoms. The number of hydrogen-bond acceptors (Lipinski definition) is 1. The first-order valence-electron chi connectivity index (χ1n) is 19.8. The fourth-order valence-corrected chi connectivity index (χ4v) is 10.7. The summed E-state index contributed by atoms with van der Waals surface area (Å²) >= 11 is 1.87. The summed E-state index contributed by atoms with van der Waals surface area (Å²) in [6, 6.07) is 73.7. The van der Waals surface area contributed by atoms with E-state index in [4.69, 9.17) is 0 Å². The fourth-order valence-electron chi connectivity index (χ4n) is 9.64. The molecule has 12 aromatic rings. The van der Waals surface area contributed by atoms with E-state index in [0.717, 1.165) is 5.69 Å². The minimum absolute atomic E-state index is 1.15. The highest BCUT2D eigenvalue weighted by Gasteiger charge is 2.23. The number of aromatic nitrogens is 3. The molecule has 0 saturated carbocycles. The van der Waals surface area contributed by atoms with Crippen LogP contribution in [-0.2, 0) is 0 Å². The zero-order valence-electron chi connectivity index (χ0n) is 31.3. The molecule has 1 aliphatic heterocycles. The van der Waals surface area contributed by atoms with E-state index in [-0.39, 0.29) is 0 Å². The summed E-state index contributed by atoms with van der Waals surface area (Å²) in [5, 5.41) is 7.63. The van der Waals surface area contributed by atoms with Gasteiger partial charge >= 0.3 is 0 Å². The van der Waals surface area contributed by atoms with Crippen LogP contribution >= 0.6 is 11.8 Å². The Morgan fingerprint density at radius 2 is 0.776 bits per heavy atom. The topological polar surface area (TPSA) is 14.8 Å². The molecular formula is C54H33N3S. The van der Waals surface area contributed by atoms with Crippen LogP contribution in [0.3, 0.4) is 0 Å². The van der Waals surface area contributed by atoms with Crippen LogP contribution in [0.4, 0.5) is 0 Å². The monoisotopic (exact) mass is 755 g/mol. The van der Waals surface area contributed by atoms with Crippen LogP contribution in [0, 0.1) is 0 Å². The lowest BCUT2D eigenvalue weighted by Crippen LogP contribution is -2.01. The van der Waals surface area contributed by atoms with Crippen molar-refractivity contribution in [1.29, 1.82) is 0 Å². The summed E-state index contributed by atoms with van der Waals surface area (Å²) in [5.74, 6) is 0. The van der Waals surface area contributed by atoms with Crippen molar-refractivity contribution in [3.05, 3.63) is 200 Å². The van der Waals surface area contributed by atoms with Gasteiger partial charge in [-0.2, -0.15) is 0 Å². The molecule has 58 heavy (non-hydrogen) atoms. The summed E-state index contributed by atoms with van der Waals surface area (Å²) in [4.78, 5) is 2.60. The number of para-hydroxylation sites is 5. The van der Waals surface area contributed by atoms with Gasteiger partial charge in [-0.3, -0.25) is 0 Å². The highest BCUT2D eigenvalue weighted by Crippen LogP contribution is 2.47. The number of fused-ring (bicyclic) bond motifs is 11. The van der Waals surface area contributed by atoms with E-state index in [1.165, 1.54) is 109 Å². The lowest BCUT2D eigenvalue weighted by atomic mass is 10.0. The van der Waals surface area contributed by atoms with E-state index < -0.39 is 0 Å². The molecule has 3 nitrogen and oxygen atoms in total. The molecule has 4 heterocycles. The molecule has 0 fully saturated rings. The standard InChI is InChI=1S/C54H33N3S/c1-2-11-38(12-3-1)55-46-16-6-4-13-40(46)44-31-35(24-29-48(44)55)36-25-30-49-45(32-36)41-14-5-7-17-47(41)56(49)39-26-21-34(22-27-39)37-23-28-42-43-15-10-20-53-54(43)57(51(42)33-37)50-18-8-9-19-52(50)58-53/h1-33H. The van der Waals surface area contributed by atoms with E-state index in [1.807, 2.05) is 11.8 Å².